The maximum absolute atomic E-state index is 10.7. The third kappa shape index (κ3) is 8.62. The van der Waals surface area contributed by atoms with Crippen LogP contribution in [0.25, 0.3) is 0 Å². The van der Waals surface area contributed by atoms with Gasteiger partial charge in [-0.1, -0.05) is 97.1 Å². The topological polar surface area (TPSA) is 57.2 Å². The molecular formula is C31H30F3O3PS. The van der Waals surface area contributed by atoms with Gasteiger partial charge in [0.25, 0.3) is 0 Å². The number of rotatable bonds is 9. The third-order valence-electron chi connectivity index (χ3n) is 6.11. The van der Waals surface area contributed by atoms with Crippen LogP contribution >= 0.6 is 7.26 Å². The fraction of sp³-hybridized carbons (Fsp3) is 0.161. The van der Waals surface area contributed by atoms with Crippen molar-refractivity contribution in [2.24, 2.45) is 0 Å². The summed E-state index contributed by atoms with van der Waals surface area (Å²) >= 11 is 0. The van der Waals surface area contributed by atoms with Gasteiger partial charge in [0.15, 0.2) is 10.1 Å². The predicted molar refractivity (Wildman–Crippen MR) is 154 cm³/mol. The number of hydrogen-bond donors (Lipinski definition) is 0. The van der Waals surface area contributed by atoms with Gasteiger partial charge in [0.1, 0.15) is 23.2 Å². The van der Waals surface area contributed by atoms with Crippen molar-refractivity contribution in [1.29, 1.82) is 0 Å². The van der Waals surface area contributed by atoms with E-state index in [0.717, 1.165) is 25.4 Å². The van der Waals surface area contributed by atoms with E-state index in [4.69, 9.17) is 13.0 Å². The van der Waals surface area contributed by atoms with Gasteiger partial charge in [-0.2, -0.15) is 13.2 Å². The molecule has 0 bridgehead atoms. The summed E-state index contributed by atoms with van der Waals surface area (Å²) in [7, 11) is -7.80. The average molecular weight is 571 g/mol. The van der Waals surface area contributed by atoms with Crippen LogP contribution in [0.15, 0.2) is 133 Å². The molecule has 0 spiro atoms. The maximum atomic E-state index is 10.7. The number of benzene rings is 4. The average Bonchev–Trinajstić information content (AvgIpc) is 2.94. The molecule has 0 aromatic heterocycles. The molecule has 0 aliphatic rings. The molecule has 4 aromatic carbocycles. The summed E-state index contributed by atoms with van der Waals surface area (Å²) in [6.07, 6.45) is 9.19. The summed E-state index contributed by atoms with van der Waals surface area (Å²) in [5.74, 6) is 0. The van der Waals surface area contributed by atoms with E-state index in [2.05, 4.69) is 133 Å². The van der Waals surface area contributed by atoms with Gasteiger partial charge in [0.2, 0.25) is 0 Å². The lowest BCUT2D eigenvalue weighted by molar-refractivity contribution is -0.0517. The van der Waals surface area contributed by atoms with E-state index >= 15 is 0 Å². The zero-order valence-electron chi connectivity index (χ0n) is 21.2. The second-order valence-electron chi connectivity index (χ2n) is 8.72. The van der Waals surface area contributed by atoms with E-state index in [1.165, 1.54) is 21.5 Å². The Morgan fingerprint density at radius 2 is 0.949 bits per heavy atom. The monoisotopic (exact) mass is 570 g/mol. The predicted octanol–water partition coefficient (Wildman–Crippen LogP) is 6.61. The fourth-order valence-electron chi connectivity index (χ4n) is 4.28. The van der Waals surface area contributed by atoms with E-state index in [1.54, 1.807) is 0 Å². The van der Waals surface area contributed by atoms with E-state index in [1.807, 2.05) is 0 Å². The Morgan fingerprint density at radius 1 is 0.615 bits per heavy atom. The molecule has 0 aliphatic heterocycles. The Balaban J connectivity index is 0.000000459. The third-order valence-corrected chi connectivity index (χ3v) is 11.1. The van der Waals surface area contributed by atoms with Crippen LogP contribution in [0.1, 0.15) is 18.4 Å². The summed E-state index contributed by atoms with van der Waals surface area (Å²) in [5.41, 5.74) is -4.24. The van der Waals surface area contributed by atoms with Crippen LogP contribution in [0.5, 0.6) is 0 Å². The molecular weight excluding hydrogens is 540 g/mol. The van der Waals surface area contributed by atoms with Crippen LogP contribution in [0.2, 0.25) is 0 Å². The van der Waals surface area contributed by atoms with Gasteiger partial charge >= 0.3 is 5.51 Å². The maximum Gasteiger partial charge on any atom is 0.485 e. The molecule has 3 nitrogen and oxygen atoms in total. The molecule has 0 heterocycles. The first-order valence-corrected chi connectivity index (χ1v) is 15.8. The van der Waals surface area contributed by atoms with Crippen molar-refractivity contribution in [2.45, 2.75) is 24.8 Å². The molecule has 8 heteroatoms. The highest BCUT2D eigenvalue weighted by atomic mass is 32.2. The molecule has 0 aliphatic carbocycles. The summed E-state index contributed by atoms with van der Waals surface area (Å²) < 4.78 is 58.9. The highest BCUT2D eigenvalue weighted by Gasteiger charge is 2.44. The molecule has 0 radical (unpaired) electrons. The van der Waals surface area contributed by atoms with E-state index in [9.17, 15) is 13.2 Å². The van der Waals surface area contributed by atoms with Crippen molar-refractivity contribution < 1.29 is 26.1 Å². The molecule has 4 aromatic rings. The molecule has 0 N–H and O–H groups in total. The highest BCUT2D eigenvalue weighted by Crippen LogP contribution is 2.55. The number of aryl methyl sites for hydroxylation is 1. The SMILES string of the molecule is C(=C\CC[P+](c1ccccc1)(c1ccccc1)c1ccccc1)/CCc1ccccc1.O=S(=O)([O-])C(F)(F)F. The minimum absolute atomic E-state index is 1.08. The Kier molecular flexibility index (Phi) is 11.0. The van der Waals surface area contributed by atoms with E-state index < -0.39 is 22.9 Å². The van der Waals surface area contributed by atoms with E-state index in [-0.39, 0.29) is 0 Å². The summed E-state index contributed by atoms with van der Waals surface area (Å²) in [5, 5.41) is 4.39. The molecule has 0 unspecified atom stereocenters. The zero-order valence-corrected chi connectivity index (χ0v) is 23.0. The largest absolute Gasteiger partial charge is 0.741 e. The first kappa shape index (κ1) is 30.3. The number of allylic oxidation sites excluding steroid dienone is 2. The molecule has 0 fully saturated rings. The van der Waals surface area contributed by atoms with Crippen molar-refractivity contribution in [2.75, 3.05) is 6.16 Å². The minimum Gasteiger partial charge on any atom is -0.741 e. The van der Waals surface area contributed by atoms with Gasteiger partial charge < -0.3 is 4.55 Å². The van der Waals surface area contributed by atoms with Crippen LogP contribution in [0.3, 0.4) is 0 Å². The molecule has 0 atom stereocenters. The minimum atomic E-state index is -6.09. The van der Waals surface area contributed by atoms with Crippen LogP contribution in [-0.4, -0.2) is 24.6 Å². The van der Waals surface area contributed by atoms with Crippen molar-refractivity contribution in [3.63, 3.8) is 0 Å². The van der Waals surface area contributed by atoms with E-state index in [0.29, 0.717) is 0 Å². The van der Waals surface area contributed by atoms with Gasteiger partial charge in [-0.3, -0.25) is 0 Å². The standard InChI is InChI=1S/C30H30P.CHF3O3S/c1(7-17-27-18-8-3-9-19-27)2-16-26-31(28-20-10-4-11-21-28,29-22-12-5-13-23-29)30-24-14-6-15-25-30;2-1(3,4)8(5,6)7/h1-6,8-15,18-25H,7,16-17,26H2;(H,5,6,7)/q+1;/p-1/b2-1+;. The van der Waals surface area contributed by atoms with Crippen molar-refractivity contribution in [3.8, 4) is 0 Å². The Morgan fingerprint density at radius 3 is 1.31 bits per heavy atom. The van der Waals surface area contributed by atoms with Gasteiger partial charge in [-0.25, -0.2) is 8.42 Å². The molecule has 0 amide bonds. The lowest BCUT2D eigenvalue weighted by Gasteiger charge is -2.27. The Hall–Kier alpha value is -3.25. The highest BCUT2D eigenvalue weighted by molar-refractivity contribution is 7.95. The van der Waals surface area contributed by atoms with Gasteiger partial charge in [0.05, 0.1) is 6.16 Å². The van der Waals surface area contributed by atoms with Crippen molar-refractivity contribution >= 4 is 33.3 Å². The summed E-state index contributed by atoms with van der Waals surface area (Å²) in [4.78, 5) is 0. The summed E-state index contributed by atoms with van der Waals surface area (Å²) in [6.45, 7) is 0. The van der Waals surface area contributed by atoms with Crippen LogP contribution in [0, 0.1) is 0 Å². The quantitative estimate of drug-likeness (QED) is 0.0985. The smallest absolute Gasteiger partial charge is 0.485 e. The lowest BCUT2D eigenvalue weighted by Crippen LogP contribution is -2.33. The molecule has 0 saturated heterocycles. The van der Waals surface area contributed by atoms with Gasteiger partial charge in [0, 0.05) is 6.42 Å². The first-order chi connectivity index (χ1) is 18.6. The van der Waals surface area contributed by atoms with Crippen molar-refractivity contribution in [3.05, 3.63) is 139 Å². The first-order valence-electron chi connectivity index (χ1n) is 12.4. The number of halogens is 3. The van der Waals surface area contributed by atoms with Crippen molar-refractivity contribution in [1.82, 2.24) is 0 Å². The van der Waals surface area contributed by atoms with Crippen LogP contribution in [0.4, 0.5) is 13.2 Å². The lowest BCUT2D eigenvalue weighted by atomic mass is 10.1. The molecule has 39 heavy (non-hydrogen) atoms. The van der Waals surface area contributed by atoms with Gasteiger partial charge in [-0.15, -0.1) is 0 Å². The zero-order chi connectivity index (χ0) is 28.2. The fourth-order valence-corrected chi connectivity index (χ4v) is 8.53. The second kappa shape index (κ2) is 14.2. The number of hydrogen-bond acceptors (Lipinski definition) is 3. The Bertz CT molecular complexity index is 1300. The Labute approximate surface area is 229 Å². The molecule has 4 rings (SSSR count). The van der Waals surface area contributed by atoms with Gasteiger partial charge in [-0.05, 0) is 54.8 Å². The molecule has 0 saturated carbocycles. The van der Waals surface area contributed by atoms with Crippen LogP contribution in [-0.2, 0) is 16.5 Å². The van der Waals surface area contributed by atoms with Crippen LogP contribution < -0.4 is 15.9 Å². The normalized spacial score (nSPS) is 12.1. The summed E-state index contributed by atoms with van der Waals surface area (Å²) in [6, 6.07) is 44.2. The second-order valence-corrected chi connectivity index (χ2v) is 13.7. The number of alkyl halides is 3. The molecule has 204 valence electrons.